The van der Waals surface area contributed by atoms with Gasteiger partial charge in [0.25, 0.3) is 0 Å². The van der Waals surface area contributed by atoms with E-state index in [9.17, 15) is 13.5 Å². The highest BCUT2D eigenvalue weighted by Gasteiger charge is 2.35. The van der Waals surface area contributed by atoms with Gasteiger partial charge in [-0.05, 0) is 30.7 Å². The highest BCUT2D eigenvalue weighted by molar-refractivity contribution is 7.91. The van der Waals surface area contributed by atoms with Gasteiger partial charge in [-0.3, -0.25) is 0 Å². The molecular weight excluding hydrogens is 274 g/mol. The van der Waals surface area contributed by atoms with Gasteiger partial charge < -0.3 is 10.4 Å². The van der Waals surface area contributed by atoms with E-state index in [0.717, 1.165) is 12.0 Å². The number of nitrogens with one attached hydrogen (secondary N) is 1. The predicted molar refractivity (Wildman–Crippen MR) is 71.6 cm³/mol. The fraction of sp³-hybridized carbons (Fsp3) is 0.500. The standard InChI is InChI=1S/C12H16ClNO3S/c13-10-3-1-9(2-4-10)5-6-14-11-7-18(16,17)8-12(11)15/h1-4,11-12,14-15H,5-8H2. The molecule has 1 aromatic rings. The highest BCUT2D eigenvalue weighted by Crippen LogP contribution is 2.13. The van der Waals surface area contributed by atoms with Gasteiger partial charge in [0.1, 0.15) is 0 Å². The molecule has 0 saturated carbocycles. The number of aliphatic hydroxyl groups is 1. The minimum absolute atomic E-state index is 0.0226. The van der Waals surface area contributed by atoms with Crippen LogP contribution in [0.1, 0.15) is 5.56 Å². The van der Waals surface area contributed by atoms with Crippen molar-refractivity contribution in [3.8, 4) is 0 Å². The van der Waals surface area contributed by atoms with Crippen LogP contribution < -0.4 is 5.32 Å². The van der Waals surface area contributed by atoms with Crippen LogP contribution in [-0.4, -0.2) is 43.7 Å². The van der Waals surface area contributed by atoms with E-state index in [4.69, 9.17) is 11.6 Å². The van der Waals surface area contributed by atoms with Gasteiger partial charge in [0.2, 0.25) is 0 Å². The van der Waals surface area contributed by atoms with E-state index in [1.807, 2.05) is 24.3 Å². The summed E-state index contributed by atoms with van der Waals surface area (Å²) in [4.78, 5) is 0. The summed E-state index contributed by atoms with van der Waals surface area (Å²) in [6, 6.07) is 7.18. The molecule has 2 unspecified atom stereocenters. The van der Waals surface area contributed by atoms with Crippen LogP contribution in [0, 0.1) is 0 Å². The number of benzene rings is 1. The molecule has 1 saturated heterocycles. The van der Waals surface area contributed by atoms with Crippen LogP contribution in [0.4, 0.5) is 0 Å². The van der Waals surface area contributed by atoms with Crippen molar-refractivity contribution in [2.75, 3.05) is 18.1 Å². The van der Waals surface area contributed by atoms with Crippen LogP contribution in [0.25, 0.3) is 0 Å². The van der Waals surface area contributed by atoms with Crippen molar-refractivity contribution in [3.63, 3.8) is 0 Å². The summed E-state index contributed by atoms with van der Waals surface area (Å²) >= 11 is 5.78. The van der Waals surface area contributed by atoms with Crippen LogP contribution in [0.2, 0.25) is 5.02 Å². The number of halogens is 1. The SMILES string of the molecule is O=S1(=O)CC(O)C(NCCc2ccc(Cl)cc2)C1. The predicted octanol–water partition coefficient (Wildman–Crippen LogP) is 0.630. The molecule has 0 spiro atoms. The van der Waals surface area contributed by atoms with Gasteiger partial charge in [-0.2, -0.15) is 0 Å². The maximum atomic E-state index is 11.3. The van der Waals surface area contributed by atoms with Gasteiger partial charge >= 0.3 is 0 Å². The van der Waals surface area contributed by atoms with E-state index in [-0.39, 0.29) is 17.5 Å². The summed E-state index contributed by atoms with van der Waals surface area (Å²) in [5.41, 5.74) is 1.13. The molecular formula is C12H16ClNO3S. The van der Waals surface area contributed by atoms with Crippen LogP contribution in [0.5, 0.6) is 0 Å². The summed E-state index contributed by atoms with van der Waals surface area (Å²) in [5, 5.41) is 13.4. The molecule has 2 rings (SSSR count). The zero-order valence-electron chi connectivity index (χ0n) is 9.84. The van der Waals surface area contributed by atoms with Crippen molar-refractivity contribution in [2.24, 2.45) is 0 Å². The van der Waals surface area contributed by atoms with Crippen LogP contribution in [-0.2, 0) is 16.3 Å². The van der Waals surface area contributed by atoms with Crippen LogP contribution in [0.3, 0.4) is 0 Å². The fourth-order valence-electron chi connectivity index (χ4n) is 2.08. The van der Waals surface area contributed by atoms with Crippen LogP contribution in [0.15, 0.2) is 24.3 Å². The smallest absolute Gasteiger partial charge is 0.154 e. The van der Waals surface area contributed by atoms with Gasteiger partial charge in [0.05, 0.1) is 17.6 Å². The van der Waals surface area contributed by atoms with Gasteiger partial charge in [-0.25, -0.2) is 8.42 Å². The van der Waals surface area contributed by atoms with E-state index in [2.05, 4.69) is 5.32 Å². The first kappa shape index (κ1) is 13.8. The largest absolute Gasteiger partial charge is 0.390 e. The van der Waals surface area contributed by atoms with Crippen molar-refractivity contribution in [1.29, 1.82) is 0 Å². The molecule has 1 aromatic carbocycles. The molecule has 6 heteroatoms. The third-order valence-corrected chi connectivity index (χ3v) is 5.02. The normalized spacial score (nSPS) is 26.3. The Labute approximate surface area is 112 Å². The molecule has 1 heterocycles. The second kappa shape index (κ2) is 5.57. The first-order chi connectivity index (χ1) is 8.46. The lowest BCUT2D eigenvalue weighted by Gasteiger charge is -2.14. The van der Waals surface area contributed by atoms with E-state index < -0.39 is 15.9 Å². The Hall–Kier alpha value is -0.620. The van der Waals surface area contributed by atoms with Crippen molar-refractivity contribution < 1.29 is 13.5 Å². The number of hydrogen-bond acceptors (Lipinski definition) is 4. The lowest BCUT2D eigenvalue weighted by atomic mass is 10.1. The number of hydrogen-bond donors (Lipinski definition) is 2. The average molecular weight is 290 g/mol. The molecule has 4 nitrogen and oxygen atoms in total. The van der Waals surface area contributed by atoms with Gasteiger partial charge in [-0.15, -0.1) is 0 Å². The molecule has 2 N–H and O–H groups in total. The van der Waals surface area contributed by atoms with Crippen molar-refractivity contribution in [2.45, 2.75) is 18.6 Å². The minimum Gasteiger partial charge on any atom is -0.390 e. The van der Waals surface area contributed by atoms with Crippen molar-refractivity contribution in [3.05, 3.63) is 34.9 Å². The summed E-state index contributed by atoms with van der Waals surface area (Å²) in [6.45, 7) is 0.638. The Balaban J connectivity index is 1.81. The third-order valence-electron chi connectivity index (χ3n) is 3.06. The Morgan fingerprint density at radius 3 is 2.50 bits per heavy atom. The zero-order chi connectivity index (χ0) is 13.2. The second-order valence-electron chi connectivity index (χ2n) is 4.58. The Morgan fingerprint density at radius 2 is 1.94 bits per heavy atom. The molecule has 18 heavy (non-hydrogen) atoms. The van der Waals surface area contributed by atoms with Gasteiger partial charge in [0, 0.05) is 11.1 Å². The number of aliphatic hydroxyl groups excluding tert-OH is 1. The van der Waals surface area contributed by atoms with Crippen molar-refractivity contribution in [1.82, 2.24) is 5.32 Å². The lowest BCUT2D eigenvalue weighted by molar-refractivity contribution is 0.166. The molecule has 2 atom stereocenters. The fourth-order valence-corrected chi connectivity index (χ4v) is 3.98. The molecule has 0 aromatic heterocycles. The summed E-state index contributed by atoms with van der Waals surface area (Å²) in [5.74, 6) is -0.111. The Kier molecular flexibility index (Phi) is 4.27. The highest BCUT2D eigenvalue weighted by atomic mass is 35.5. The quantitative estimate of drug-likeness (QED) is 0.853. The van der Waals surface area contributed by atoms with E-state index in [1.54, 1.807) is 0 Å². The van der Waals surface area contributed by atoms with E-state index in [1.165, 1.54) is 0 Å². The van der Waals surface area contributed by atoms with E-state index in [0.29, 0.717) is 11.6 Å². The number of rotatable bonds is 4. The molecule has 0 aliphatic carbocycles. The summed E-state index contributed by atoms with van der Waals surface area (Å²) in [7, 11) is -3.08. The first-order valence-corrected chi connectivity index (χ1v) is 8.02. The average Bonchev–Trinajstić information content (AvgIpc) is 2.55. The molecule has 0 radical (unpaired) electrons. The Bertz CT molecular complexity index is 501. The maximum Gasteiger partial charge on any atom is 0.154 e. The maximum absolute atomic E-state index is 11.3. The monoisotopic (exact) mass is 289 g/mol. The molecule has 100 valence electrons. The topological polar surface area (TPSA) is 66.4 Å². The van der Waals surface area contributed by atoms with Gasteiger partial charge in [-0.1, -0.05) is 23.7 Å². The molecule has 1 fully saturated rings. The Morgan fingerprint density at radius 1 is 1.28 bits per heavy atom. The molecule has 1 aliphatic rings. The number of sulfone groups is 1. The molecule has 0 bridgehead atoms. The van der Waals surface area contributed by atoms with Gasteiger partial charge in [0.15, 0.2) is 9.84 Å². The van der Waals surface area contributed by atoms with Crippen LogP contribution >= 0.6 is 11.6 Å². The second-order valence-corrected chi connectivity index (χ2v) is 7.17. The van der Waals surface area contributed by atoms with Crippen molar-refractivity contribution >= 4 is 21.4 Å². The lowest BCUT2D eigenvalue weighted by Crippen LogP contribution is -2.39. The zero-order valence-corrected chi connectivity index (χ0v) is 11.4. The third kappa shape index (κ3) is 3.68. The molecule has 0 amide bonds. The van der Waals surface area contributed by atoms with E-state index >= 15 is 0 Å². The first-order valence-electron chi connectivity index (χ1n) is 5.82. The minimum atomic E-state index is -3.08. The summed E-state index contributed by atoms with van der Waals surface area (Å²) < 4.78 is 22.6. The molecule has 1 aliphatic heterocycles. The summed E-state index contributed by atoms with van der Waals surface area (Å²) in [6.07, 6.45) is -0.0133.